The standard InChI is InChI=1S/C17H27N3O/c1-18-11-6-14-20(2)16(21)17(9-12-19-13-10-17)15-7-4-3-5-8-15/h3-5,7-8,18-19H,6,9-14H2,1-2H3. The lowest BCUT2D eigenvalue weighted by Gasteiger charge is -2.39. The van der Waals surface area contributed by atoms with Gasteiger partial charge in [-0.2, -0.15) is 0 Å². The maximum absolute atomic E-state index is 13.1. The first kappa shape index (κ1) is 16.0. The molecule has 1 aromatic carbocycles. The van der Waals surface area contributed by atoms with Gasteiger partial charge in [-0.3, -0.25) is 4.79 Å². The average molecular weight is 289 g/mol. The number of nitrogens with one attached hydrogen (secondary N) is 2. The molecule has 1 aliphatic heterocycles. The minimum Gasteiger partial charge on any atom is -0.345 e. The molecule has 0 atom stereocenters. The maximum Gasteiger partial charge on any atom is 0.233 e. The van der Waals surface area contributed by atoms with E-state index >= 15 is 0 Å². The van der Waals surface area contributed by atoms with Gasteiger partial charge in [-0.1, -0.05) is 30.3 Å². The van der Waals surface area contributed by atoms with Gasteiger partial charge in [0.15, 0.2) is 0 Å². The lowest BCUT2D eigenvalue weighted by Crippen LogP contribution is -2.51. The van der Waals surface area contributed by atoms with Gasteiger partial charge in [0, 0.05) is 13.6 Å². The number of piperidine rings is 1. The zero-order valence-electron chi connectivity index (χ0n) is 13.2. The summed E-state index contributed by atoms with van der Waals surface area (Å²) < 4.78 is 0. The summed E-state index contributed by atoms with van der Waals surface area (Å²) in [6, 6.07) is 10.3. The van der Waals surface area contributed by atoms with E-state index < -0.39 is 0 Å². The predicted molar refractivity (Wildman–Crippen MR) is 86.4 cm³/mol. The van der Waals surface area contributed by atoms with E-state index in [1.807, 2.05) is 37.2 Å². The van der Waals surface area contributed by atoms with Crippen molar-refractivity contribution in [1.29, 1.82) is 0 Å². The smallest absolute Gasteiger partial charge is 0.233 e. The van der Waals surface area contributed by atoms with E-state index in [2.05, 4.69) is 22.8 Å². The topological polar surface area (TPSA) is 44.4 Å². The maximum atomic E-state index is 13.1. The Kier molecular flexibility index (Phi) is 5.76. The molecule has 1 amide bonds. The Morgan fingerprint density at radius 1 is 1.29 bits per heavy atom. The normalized spacial score (nSPS) is 17.4. The Bertz CT molecular complexity index is 441. The Balaban J connectivity index is 2.18. The first-order chi connectivity index (χ1) is 10.2. The molecule has 0 spiro atoms. The van der Waals surface area contributed by atoms with Crippen LogP contribution in [0.1, 0.15) is 24.8 Å². The van der Waals surface area contributed by atoms with Crippen LogP contribution in [-0.4, -0.2) is 51.1 Å². The number of hydrogen-bond acceptors (Lipinski definition) is 3. The molecule has 0 unspecified atom stereocenters. The molecular weight excluding hydrogens is 262 g/mol. The summed E-state index contributed by atoms with van der Waals surface area (Å²) >= 11 is 0. The summed E-state index contributed by atoms with van der Waals surface area (Å²) in [6.07, 6.45) is 2.75. The van der Waals surface area contributed by atoms with Crippen LogP contribution in [0.4, 0.5) is 0 Å². The number of hydrogen-bond donors (Lipinski definition) is 2. The van der Waals surface area contributed by atoms with Crippen LogP contribution in [0, 0.1) is 0 Å². The third-order valence-corrected chi connectivity index (χ3v) is 4.46. The lowest BCUT2D eigenvalue weighted by molar-refractivity contribution is -0.137. The summed E-state index contributed by atoms with van der Waals surface area (Å²) in [5.74, 6) is 0.270. The summed E-state index contributed by atoms with van der Waals surface area (Å²) in [7, 11) is 3.88. The average Bonchev–Trinajstić information content (AvgIpc) is 2.55. The molecule has 2 N–H and O–H groups in total. The number of amides is 1. The van der Waals surface area contributed by atoms with Crippen molar-refractivity contribution in [1.82, 2.24) is 15.5 Å². The van der Waals surface area contributed by atoms with Gasteiger partial charge in [-0.15, -0.1) is 0 Å². The second-order valence-electron chi connectivity index (χ2n) is 5.88. The molecule has 1 heterocycles. The van der Waals surface area contributed by atoms with Crippen molar-refractivity contribution in [2.75, 3.05) is 40.3 Å². The van der Waals surface area contributed by atoms with Gasteiger partial charge in [-0.25, -0.2) is 0 Å². The monoisotopic (exact) mass is 289 g/mol. The van der Waals surface area contributed by atoms with Gasteiger partial charge in [0.25, 0.3) is 0 Å². The van der Waals surface area contributed by atoms with E-state index in [1.54, 1.807) is 0 Å². The molecule has 4 heteroatoms. The van der Waals surface area contributed by atoms with Crippen LogP contribution in [0.2, 0.25) is 0 Å². The van der Waals surface area contributed by atoms with Crippen molar-refractivity contribution in [2.45, 2.75) is 24.7 Å². The Morgan fingerprint density at radius 3 is 2.57 bits per heavy atom. The zero-order valence-corrected chi connectivity index (χ0v) is 13.2. The van der Waals surface area contributed by atoms with Crippen LogP contribution in [0.5, 0.6) is 0 Å². The van der Waals surface area contributed by atoms with E-state index in [9.17, 15) is 4.79 Å². The van der Waals surface area contributed by atoms with E-state index in [1.165, 1.54) is 0 Å². The van der Waals surface area contributed by atoms with Gasteiger partial charge >= 0.3 is 0 Å². The lowest BCUT2D eigenvalue weighted by atomic mass is 9.72. The molecule has 0 saturated carbocycles. The third kappa shape index (κ3) is 3.63. The number of rotatable bonds is 6. The number of likely N-dealkylation sites (N-methyl/N-ethyl adjacent to an activating group) is 1. The van der Waals surface area contributed by atoms with E-state index in [0.717, 1.165) is 51.0 Å². The van der Waals surface area contributed by atoms with Crippen LogP contribution in [0.15, 0.2) is 30.3 Å². The summed E-state index contributed by atoms with van der Waals surface area (Å²) in [6.45, 7) is 3.56. The highest BCUT2D eigenvalue weighted by atomic mass is 16.2. The second-order valence-corrected chi connectivity index (χ2v) is 5.88. The van der Waals surface area contributed by atoms with Gasteiger partial charge < -0.3 is 15.5 Å². The van der Waals surface area contributed by atoms with Crippen molar-refractivity contribution >= 4 is 5.91 Å². The zero-order chi connectivity index (χ0) is 15.1. The molecule has 1 saturated heterocycles. The van der Waals surface area contributed by atoms with Gasteiger partial charge in [0.2, 0.25) is 5.91 Å². The Morgan fingerprint density at radius 2 is 1.95 bits per heavy atom. The van der Waals surface area contributed by atoms with Crippen molar-refractivity contribution in [2.24, 2.45) is 0 Å². The van der Waals surface area contributed by atoms with Crippen LogP contribution in [0.25, 0.3) is 0 Å². The quantitative estimate of drug-likeness (QED) is 0.778. The molecule has 4 nitrogen and oxygen atoms in total. The van der Waals surface area contributed by atoms with E-state index in [4.69, 9.17) is 0 Å². The molecule has 0 aliphatic carbocycles. The molecular formula is C17H27N3O. The van der Waals surface area contributed by atoms with Crippen molar-refractivity contribution < 1.29 is 4.79 Å². The molecule has 116 valence electrons. The summed E-state index contributed by atoms with van der Waals surface area (Å²) in [5.41, 5.74) is 0.818. The first-order valence-corrected chi connectivity index (χ1v) is 7.87. The molecule has 2 rings (SSSR count). The highest BCUT2D eigenvalue weighted by molar-refractivity contribution is 5.88. The fourth-order valence-corrected chi connectivity index (χ4v) is 3.20. The van der Waals surface area contributed by atoms with Gasteiger partial charge in [0.1, 0.15) is 0 Å². The second kappa shape index (κ2) is 7.57. The fraction of sp³-hybridized carbons (Fsp3) is 0.588. The molecule has 0 aromatic heterocycles. The largest absolute Gasteiger partial charge is 0.345 e. The molecule has 0 bridgehead atoms. The number of carbonyl (C=O) groups is 1. The Labute approximate surface area is 127 Å². The van der Waals surface area contributed by atoms with Crippen LogP contribution in [0.3, 0.4) is 0 Å². The van der Waals surface area contributed by atoms with Crippen LogP contribution >= 0.6 is 0 Å². The van der Waals surface area contributed by atoms with Crippen LogP contribution in [-0.2, 0) is 10.2 Å². The Hall–Kier alpha value is -1.39. The number of nitrogens with zero attached hydrogens (tertiary/aromatic N) is 1. The third-order valence-electron chi connectivity index (χ3n) is 4.46. The molecule has 0 radical (unpaired) electrons. The first-order valence-electron chi connectivity index (χ1n) is 7.87. The number of benzene rings is 1. The number of carbonyl (C=O) groups excluding carboxylic acids is 1. The minimum atomic E-state index is -0.346. The van der Waals surface area contributed by atoms with Gasteiger partial charge in [-0.05, 0) is 51.5 Å². The highest BCUT2D eigenvalue weighted by Gasteiger charge is 2.42. The highest BCUT2D eigenvalue weighted by Crippen LogP contribution is 2.35. The van der Waals surface area contributed by atoms with Crippen molar-refractivity contribution in [3.05, 3.63) is 35.9 Å². The molecule has 1 fully saturated rings. The SMILES string of the molecule is CNCCCN(C)C(=O)C1(c2ccccc2)CCNCC1. The van der Waals surface area contributed by atoms with E-state index in [-0.39, 0.29) is 11.3 Å². The summed E-state index contributed by atoms with van der Waals surface area (Å²) in [4.78, 5) is 15.0. The molecule has 1 aromatic rings. The van der Waals surface area contributed by atoms with Crippen molar-refractivity contribution in [3.63, 3.8) is 0 Å². The van der Waals surface area contributed by atoms with Gasteiger partial charge in [0.05, 0.1) is 5.41 Å². The van der Waals surface area contributed by atoms with Crippen LogP contribution < -0.4 is 10.6 Å². The van der Waals surface area contributed by atoms with E-state index in [0.29, 0.717) is 0 Å². The molecule has 21 heavy (non-hydrogen) atoms. The predicted octanol–water partition coefficient (Wildman–Crippen LogP) is 1.38. The fourth-order valence-electron chi connectivity index (χ4n) is 3.20. The summed E-state index contributed by atoms with van der Waals surface area (Å²) in [5, 5.41) is 6.51. The van der Waals surface area contributed by atoms with Crippen molar-refractivity contribution in [3.8, 4) is 0 Å². The molecule has 1 aliphatic rings. The minimum absolute atomic E-state index is 0.270.